The number of nitrogens with one attached hydrogen (secondary N) is 1. The molecule has 0 saturated carbocycles. The van der Waals surface area contributed by atoms with Crippen LogP contribution < -0.4 is 10.6 Å². The van der Waals surface area contributed by atoms with Crippen LogP contribution in [0.5, 0.6) is 0 Å². The lowest BCUT2D eigenvalue weighted by atomic mass is 9.91. The summed E-state index contributed by atoms with van der Waals surface area (Å²) >= 11 is 0. The van der Waals surface area contributed by atoms with Crippen molar-refractivity contribution in [3.63, 3.8) is 0 Å². The molecule has 8 nitrogen and oxygen atoms in total. The van der Waals surface area contributed by atoms with Crippen molar-refractivity contribution in [2.75, 3.05) is 18.0 Å². The Kier molecular flexibility index (Phi) is 3.71. The van der Waals surface area contributed by atoms with Crippen LogP contribution in [0, 0.1) is 5.82 Å². The highest BCUT2D eigenvalue weighted by molar-refractivity contribution is 6.04. The highest BCUT2D eigenvalue weighted by Crippen LogP contribution is 2.36. The maximum Gasteiger partial charge on any atom is 0.213 e. The molecule has 4 aromatic heterocycles. The van der Waals surface area contributed by atoms with Crippen LogP contribution in [0.4, 0.5) is 10.3 Å². The van der Waals surface area contributed by atoms with Gasteiger partial charge in [0.15, 0.2) is 5.65 Å². The van der Waals surface area contributed by atoms with Crippen LogP contribution in [0.1, 0.15) is 19.8 Å². The summed E-state index contributed by atoms with van der Waals surface area (Å²) in [5.74, 6) is 0.533. The van der Waals surface area contributed by atoms with Crippen molar-refractivity contribution in [2.45, 2.75) is 25.3 Å². The molecule has 6 rings (SSSR count). The Bertz CT molecular complexity index is 1450. The van der Waals surface area contributed by atoms with Gasteiger partial charge < -0.3 is 15.6 Å². The number of nitrogens with two attached hydrogens (primary N) is 1. The van der Waals surface area contributed by atoms with Crippen molar-refractivity contribution in [3.05, 3.63) is 42.7 Å². The summed E-state index contributed by atoms with van der Waals surface area (Å²) in [5, 5.41) is 5.60. The standard InChI is InChI=1S/C22H23FN8/c1-22(24)5-8-30(9-6-22)21-27-19-17(20-25-7-10-31(20)21)14(11-26-19)13-3-4-16-15(18(13)23)12-29(2)28-16/h3-4,7,10-12,26H,5-6,8-9,24H2,1-2H3. The first-order valence-electron chi connectivity index (χ1n) is 10.4. The van der Waals surface area contributed by atoms with Gasteiger partial charge in [-0.1, -0.05) is 0 Å². The highest BCUT2D eigenvalue weighted by Gasteiger charge is 2.28. The van der Waals surface area contributed by atoms with E-state index in [9.17, 15) is 0 Å². The van der Waals surface area contributed by atoms with Gasteiger partial charge in [0.1, 0.15) is 11.5 Å². The van der Waals surface area contributed by atoms with Gasteiger partial charge in [0.2, 0.25) is 5.95 Å². The molecule has 1 aliphatic heterocycles. The van der Waals surface area contributed by atoms with E-state index in [1.807, 2.05) is 22.9 Å². The number of halogens is 1. The molecule has 158 valence electrons. The maximum absolute atomic E-state index is 15.4. The molecule has 31 heavy (non-hydrogen) atoms. The molecule has 1 aromatic carbocycles. The minimum absolute atomic E-state index is 0.142. The first-order valence-corrected chi connectivity index (χ1v) is 10.4. The fourth-order valence-corrected chi connectivity index (χ4v) is 4.57. The van der Waals surface area contributed by atoms with Crippen LogP contribution in [0.25, 0.3) is 38.7 Å². The molecule has 1 aliphatic rings. The Balaban J connectivity index is 1.53. The topological polar surface area (TPSA) is 93.1 Å². The first-order chi connectivity index (χ1) is 14.9. The zero-order chi connectivity index (χ0) is 21.3. The van der Waals surface area contributed by atoms with E-state index in [1.54, 1.807) is 30.2 Å². The predicted octanol–water partition coefficient (Wildman–Crippen LogP) is 3.22. The minimum atomic E-state index is -0.293. The van der Waals surface area contributed by atoms with E-state index in [-0.39, 0.29) is 11.4 Å². The minimum Gasteiger partial charge on any atom is -0.345 e. The molecule has 0 atom stereocenters. The fourth-order valence-electron chi connectivity index (χ4n) is 4.57. The van der Waals surface area contributed by atoms with E-state index in [1.165, 1.54) is 0 Å². The van der Waals surface area contributed by atoms with E-state index in [0.29, 0.717) is 22.1 Å². The maximum atomic E-state index is 15.4. The first kappa shape index (κ1) is 18.3. The molecule has 5 aromatic rings. The average Bonchev–Trinajstić information content (AvgIpc) is 3.45. The number of aromatic nitrogens is 6. The monoisotopic (exact) mass is 418 g/mol. The summed E-state index contributed by atoms with van der Waals surface area (Å²) < 4.78 is 19.0. The summed E-state index contributed by atoms with van der Waals surface area (Å²) in [6.07, 6.45) is 8.97. The third-order valence-corrected chi connectivity index (χ3v) is 6.37. The summed E-state index contributed by atoms with van der Waals surface area (Å²) in [5.41, 5.74) is 9.48. The Morgan fingerprint density at radius 1 is 1.19 bits per heavy atom. The highest BCUT2D eigenvalue weighted by atomic mass is 19.1. The van der Waals surface area contributed by atoms with E-state index in [4.69, 9.17) is 10.7 Å². The van der Waals surface area contributed by atoms with Gasteiger partial charge in [-0.3, -0.25) is 9.08 Å². The largest absolute Gasteiger partial charge is 0.345 e. The number of H-pyrrole nitrogens is 1. The van der Waals surface area contributed by atoms with Gasteiger partial charge in [-0.15, -0.1) is 0 Å². The number of anilines is 1. The Morgan fingerprint density at radius 2 is 2.00 bits per heavy atom. The second-order valence-corrected chi connectivity index (χ2v) is 8.76. The number of aryl methyl sites for hydroxylation is 1. The van der Waals surface area contributed by atoms with Crippen molar-refractivity contribution < 1.29 is 4.39 Å². The van der Waals surface area contributed by atoms with Gasteiger partial charge in [-0.25, -0.2) is 9.37 Å². The molecular weight excluding hydrogens is 395 g/mol. The molecule has 0 amide bonds. The van der Waals surface area contributed by atoms with Crippen molar-refractivity contribution in [3.8, 4) is 11.1 Å². The predicted molar refractivity (Wildman–Crippen MR) is 119 cm³/mol. The number of hydrogen-bond donors (Lipinski definition) is 2. The zero-order valence-corrected chi connectivity index (χ0v) is 17.4. The van der Waals surface area contributed by atoms with E-state index < -0.39 is 0 Å². The van der Waals surface area contributed by atoms with Crippen LogP contribution in [-0.2, 0) is 7.05 Å². The number of rotatable bonds is 2. The third-order valence-electron chi connectivity index (χ3n) is 6.37. The van der Waals surface area contributed by atoms with Gasteiger partial charge >= 0.3 is 0 Å². The van der Waals surface area contributed by atoms with Crippen molar-refractivity contribution >= 4 is 33.5 Å². The molecule has 0 bridgehead atoms. The second-order valence-electron chi connectivity index (χ2n) is 8.76. The summed E-state index contributed by atoms with van der Waals surface area (Å²) in [6.45, 7) is 3.76. The number of fused-ring (bicyclic) bond motifs is 4. The van der Waals surface area contributed by atoms with E-state index in [0.717, 1.165) is 48.5 Å². The average molecular weight is 418 g/mol. The molecule has 0 spiro atoms. The molecule has 3 N–H and O–H groups in total. The number of hydrogen-bond acceptors (Lipinski definition) is 5. The fraction of sp³-hybridized carbons (Fsp3) is 0.318. The lowest BCUT2D eigenvalue weighted by Crippen LogP contribution is -2.48. The smallest absolute Gasteiger partial charge is 0.213 e. The van der Waals surface area contributed by atoms with Crippen LogP contribution in [0.3, 0.4) is 0 Å². The second kappa shape index (κ2) is 6.27. The number of nitrogens with zero attached hydrogens (tertiary/aromatic N) is 6. The van der Waals surface area contributed by atoms with Crippen molar-refractivity contribution in [1.29, 1.82) is 0 Å². The summed E-state index contributed by atoms with van der Waals surface area (Å²) in [7, 11) is 1.79. The molecule has 5 heterocycles. The number of benzene rings is 1. The van der Waals surface area contributed by atoms with Crippen molar-refractivity contribution in [1.82, 2.24) is 29.1 Å². The third kappa shape index (κ3) is 2.73. The number of aromatic amines is 1. The lowest BCUT2D eigenvalue weighted by Gasteiger charge is -2.37. The van der Waals surface area contributed by atoms with Crippen LogP contribution in [0.15, 0.2) is 36.9 Å². The van der Waals surface area contributed by atoms with E-state index in [2.05, 4.69) is 26.9 Å². The molecule has 0 aliphatic carbocycles. The van der Waals surface area contributed by atoms with Gasteiger partial charge in [0.05, 0.1) is 16.3 Å². The summed E-state index contributed by atoms with van der Waals surface area (Å²) in [4.78, 5) is 15.0. The van der Waals surface area contributed by atoms with Crippen LogP contribution >= 0.6 is 0 Å². The Labute approximate surface area is 177 Å². The van der Waals surface area contributed by atoms with Gasteiger partial charge in [0.25, 0.3) is 0 Å². The summed E-state index contributed by atoms with van der Waals surface area (Å²) in [6, 6.07) is 3.61. The number of imidazole rings is 1. The molecule has 0 radical (unpaired) electrons. The Morgan fingerprint density at radius 3 is 2.81 bits per heavy atom. The molecular formula is C22H23FN8. The molecule has 1 fully saturated rings. The van der Waals surface area contributed by atoms with Crippen LogP contribution in [-0.4, -0.2) is 47.8 Å². The normalized spacial score (nSPS) is 16.7. The molecule has 9 heteroatoms. The van der Waals surface area contributed by atoms with Crippen molar-refractivity contribution in [2.24, 2.45) is 12.8 Å². The number of piperidine rings is 1. The van der Waals surface area contributed by atoms with E-state index >= 15 is 4.39 Å². The molecule has 1 saturated heterocycles. The lowest BCUT2D eigenvalue weighted by molar-refractivity contribution is 0.361. The quantitative estimate of drug-likeness (QED) is 0.459. The SMILES string of the molecule is Cn1cc2c(F)c(-c3c[nH]c4nc(N5CCC(C)(N)CC5)n5ccnc5c34)ccc2n1. The van der Waals surface area contributed by atoms with Gasteiger partial charge in [-0.2, -0.15) is 10.1 Å². The van der Waals surface area contributed by atoms with Crippen LogP contribution in [0.2, 0.25) is 0 Å². The zero-order valence-electron chi connectivity index (χ0n) is 17.4. The van der Waals surface area contributed by atoms with Gasteiger partial charge in [-0.05, 0) is 31.9 Å². The molecule has 0 unspecified atom stereocenters. The van der Waals surface area contributed by atoms with Gasteiger partial charge in [0, 0.05) is 61.6 Å². The Hall–Kier alpha value is -3.46.